The van der Waals surface area contributed by atoms with E-state index in [1.165, 1.54) is 6.07 Å². The number of ether oxygens (including phenoxy) is 2. The topological polar surface area (TPSA) is 30.5 Å². The SMILES string of the molecule is Fc1cc(Cl)ccc1[C@@H]1COc2cccc(C3CCNCC3)c2O1. The third kappa shape index (κ3) is 2.96. The van der Waals surface area contributed by atoms with Gasteiger partial charge in [-0.15, -0.1) is 0 Å². The second-order valence-corrected chi connectivity index (χ2v) is 6.72. The first-order chi connectivity index (χ1) is 11.7. The van der Waals surface area contributed by atoms with E-state index in [2.05, 4.69) is 11.4 Å². The number of nitrogens with one attached hydrogen (secondary N) is 1. The van der Waals surface area contributed by atoms with Crippen molar-refractivity contribution < 1.29 is 13.9 Å². The molecular formula is C19H19ClFNO2. The molecule has 1 N–H and O–H groups in total. The highest BCUT2D eigenvalue weighted by atomic mass is 35.5. The molecule has 1 atom stereocenters. The first-order valence-corrected chi connectivity index (χ1v) is 8.68. The van der Waals surface area contributed by atoms with Crippen LogP contribution in [0.2, 0.25) is 5.02 Å². The Balaban J connectivity index is 1.66. The van der Waals surface area contributed by atoms with Gasteiger partial charge in [-0.2, -0.15) is 0 Å². The highest BCUT2D eigenvalue weighted by Gasteiger charge is 2.29. The molecule has 0 saturated carbocycles. The van der Waals surface area contributed by atoms with Crippen LogP contribution >= 0.6 is 11.6 Å². The van der Waals surface area contributed by atoms with E-state index in [-0.39, 0.29) is 5.82 Å². The summed E-state index contributed by atoms with van der Waals surface area (Å²) >= 11 is 5.85. The van der Waals surface area contributed by atoms with E-state index in [4.69, 9.17) is 21.1 Å². The van der Waals surface area contributed by atoms with Gasteiger partial charge in [-0.25, -0.2) is 4.39 Å². The minimum absolute atomic E-state index is 0.293. The van der Waals surface area contributed by atoms with Crippen molar-refractivity contribution in [3.8, 4) is 11.5 Å². The van der Waals surface area contributed by atoms with Crippen molar-refractivity contribution in [3.63, 3.8) is 0 Å². The molecule has 1 fully saturated rings. The summed E-state index contributed by atoms with van der Waals surface area (Å²) < 4.78 is 26.3. The van der Waals surface area contributed by atoms with Crippen LogP contribution in [-0.4, -0.2) is 19.7 Å². The maximum absolute atomic E-state index is 14.2. The number of fused-ring (bicyclic) bond motifs is 1. The smallest absolute Gasteiger partial charge is 0.165 e. The van der Waals surface area contributed by atoms with E-state index in [1.807, 2.05) is 12.1 Å². The molecule has 0 unspecified atom stereocenters. The first-order valence-electron chi connectivity index (χ1n) is 8.30. The first kappa shape index (κ1) is 15.7. The summed E-state index contributed by atoms with van der Waals surface area (Å²) in [5.74, 6) is 1.59. The molecule has 3 nitrogen and oxygen atoms in total. The lowest BCUT2D eigenvalue weighted by atomic mass is 9.89. The van der Waals surface area contributed by atoms with E-state index < -0.39 is 6.10 Å². The van der Waals surface area contributed by atoms with Crippen LogP contribution in [-0.2, 0) is 0 Å². The van der Waals surface area contributed by atoms with Gasteiger partial charge in [-0.05, 0) is 50.0 Å². The van der Waals surface area contributed by atoms with Crippen molar-refractivity contribution >= 4 is 11.6 Å². The van der Waals surface area contributed by atoms with Gasteiger partial charge in [-0.3, -0.25) is 0 Å². The molecule has 2 aromatic rings. The molecule has 24 heavy (non-hydrogen) atoms. The molecule has 0 amide bonds. The Bertz CT molecular complexity index is 746. The number of hydrogen-bond donors (Lipinski definition) is 1. The molecule has 0 aliphatic carbocycles. The van der Waals surface area contributed by atoms with Gasteiger partial charge >= 0.3 is 0 Å². The van der Waals surface area contributed by atoms with Crippen LogP contribution in [0, 0.1) is 5.82 Å². The molecule has 0 bridgehead atoms. The Morgan fingerprint density at radius 1 is 1.08 bits per heavy atom. The molecule has 2 aromatic carbocycles. The zero-order valence-corrected chi connectivity index (χ0v) is 14.0. The van der Waals surface area contributed by atoms with Crippen molar-refractivity contribution in [1.29, 1.82) is 0 Å². The van der Waals surface area contributed by atoms with Crippen LogP contribution in [0.15, 0.2) is 36.4 Å². The quantitative estimate of drug-likeness (QED) is 0.870. The average Bonchev–Trinajstić information content (AvgIpc) is 2.61. The standard InChI is InChI=1S/C19H19ClFNO2/c20-13-4-5-15(16(21)10-13)18-11-23-17-3-1-2-14(19(17)24-18)12-6-8-22-9-7-12/h1-5,10,12,18,22H,6-9,11H2/t18-/m0/s1. The van der Waals surface area contributed by atoms with Gasteiger partial charge in [0.25, 0.3) is 0 Å². The Morgan fingerprint density at radius 2 is 1.92 bits per heavy atom. The highest BCUT2D eigenvalue weighted by molar-refractivity contribution is 6.30. The Labute approximate surface area is 145 Å². The van der Waals surface area contributed by atoms with E-state index in [0.29, 0.717) is 23.1 Å². The van der Waals surface area contributed by atoms with E-state index >= 15 is 0 Å². The van der Waals surface area contributed by atoms with Gasteiger partial charge < -0.3 is 14.8 Å². The maximum atomic E-state index is 14.2. The van der Waals surface area contributed by atoms with Gasteiger partial charge in [0.15, 0.2) is 17.6 Å². The number of para-hydroxylation sites is 1. The molecule has 5 heteroatoms. The second-order valence-electron chi connectivity index (χ2n) is 6.28. The third-order valence-electron chi connectivity index (χ3n) is 4.75. The maximum Gasteiger partial charge on any atom is 0.165 e. The van der Waals surface area contributed by atoms with Crippen molar-refractivity contribution in [3.05, 3.63) is 58.4 Å². The fourth-order valence-corrected chi connectivity index (χ4v) is 3.64. The molecule has 2 heterocycles. The van der Waals surface area contributed by atoms with Crippen LogP contribution in [0.25, 0.3) is 0 Å². The van der Waals surface area contributed by atoms with Crippen LogP contribution in [0.4, 0.5) is 4.39 Å². The minimum atomic E-state index is -0.461. The summed E-state index contributed by atoms with van der Waals surface area (Å²) in [5.41, 5.74) is 1.64. The molecule has 126 valence electrons. The summed E-state index contributed by atoms with van der Waals surface area (Å²) in [6.45, 7) is 2.30. The van der Waals surface area contributed by atoms with Gasteiger partial charge in [0.1, 0.15) is 12.4 Å². The molecule has 4 rings (SSSR count). The fourth-order valence-electron chi connectivity index (χ4n) is 3.48. The summed E-state index contributed by atoms with van der Waals surface area (Å²) in [5, 5.41) is 3.76. The van der Waals surface area contributed by atoms with E-state index in [9.17, 15) is 4.39 Å². The second kappa shape index (κ2) is 6.61. The lowest BCUT2D eigenvalue weighted by Crippen LogP contribution is -2.28. The van der Waals surface area contributed by atoms with Crippen molar-refractivity contribution in [1.82, 2.24) is 5.32 Å². The van der Waals surface area contributed by atoms with Gasteiger partial charge in [0.05, 0.1) is 0 Å². The Kier molecular flexibility index (Phi) is 4.33. The predicted molar refractivity (Wildman–Crippen MR) is 91.6 cm³/mol. The number of rotatable bonds is 2. The summed E-state index contributed by atoms with van der Waals surface area (Å²) in [6, 6.07) is 10.7. The van der Waals surface area contributed by atoms with E-state index in [1.54, 1.807) is 12.1 Å². The Hall–Kier alpha value is -1.78. The largest absolute Gasteiger partial charge is 0.485 e. The van der Waals surface area contributed by atoms with Gasteiger partial charge in [0.2, 0.25) is 0 Å². The fraction of sp³-hybridized carbons (Fsp3) is 0.368. The number of benzene rings is 2. The predicted octanol–water partition coefficient (Wildman–Crippen LogP) is 4.46. The summed E-state index contributed by atoms with van der Waals surface area (Å²) in [4.78, 5) is 0. The molecule has 2 aliphatic rings. The molecule has 0 radical (unpaired) electrons. The monoisotopic (exact) mass is 347 g/mol. The zero-order chi connectivity index (χ0) is 16.5. The Morgan fingerprint density at radius 3 is 2.71 bits per heavy atom. The summed E-state index contributed by atoms with van der Waals surface area (Å²) in [6.07, 6.45) is 1.68. The zero-order valence-electron chi connectivity index (χ0n) is 13.2. The van der Waals surface area contributed by atoms with Crippen LogP contribution in [0.5, 0.6) is 11.5 Å². The number of halogens is 2. The van der Waals surface area contributed by atoms with Crippen molar-refractivity contribution in [2.45, 2.75) is 24.9 Å². The lowest BCUT2D eigenvalue weighted by molar-refractivity contribution is 0.0864. The molecule has 2 aliphatic heterocycles. The summed E-state index contributed by atoms with van der Waals surface area (Å²) in [7, 11) is 0. The number of piperidine rings is 1. The van der Waals surface area contributed by atoms with Crippen LogP contribution < -0.4 is 14.8 Å². The van der Waals surface area contributed by atoms with Crippen molar-refractivity contribution in [2.75, 3.05) is 19.7 Å². The normalized spacial score (nSPS) is 20.8. The number of hydrogen-bond acceptors (Lipinski definition) is 3. The average molecular weight is 348 g/mol. The lowest BCUT2D eigenvalue weighted by Gasteiger charge is -2.31. The van der Waals surface area contributed by atoms with Gasteiger partial charge in [0, 0.05) is 16.1 Å². The van der Waals surface area contributed by atoms with E-state index in [0.717, 1.165) is 43.0 Å². The molecular weight excluding hydrogens is 329 g/mol. The highest BCUT2D eigenvalue weighted by Crippen LogP contribution is 2.44. The third-order valence-corrected chi connectivity index (χ3v) is 4.98. The molecule has 0 aromatic heterocycles. The van der Waals surface area contributed by atoms with Crippen LogP contribution in [0.3, 0.4) is 0 Å². The van der Waals surface area contributed by atoms with Gasteiger partial charge in [-0.1, -0.05) is 29.8 Å². The van der Waals surface area contributed by atoms with Crippen LogP contribution in [0.1, 0.15) is 36.0 Å². The van der Waals surface area contributed by atoms with Crippen molar-refractivity contribution in [2.24, 2.45) is 0 Å². The minimum Gasteiger partial charge on any atom is -0.485 e. The molecule has 1 saturated heterocycles. The molecule has 0 spiro atoms.